The number of anilines is 1. The summed E-state index contributed by atoms with van der Waals surface area (Å²) in [7, 11) is 3.43. The summed E-state index contributed by atoms with van der Waals surface area (Å²) in [4.78, 5) is 28.4. The number of rotatable bonds is 5. The maximum atomic E-state index is 12.3. The number of amides is 3. The molecule has 3 amide bonds. The predicted octanol–water partition coefficient (Wildman–Crippen LogP) is 2.94. The maximum Gasteiger partial charge on any atom is 0.319 e. The van der Waals surface area contributed by atoms with Gasteiger partial charge in [-0.2, -0.15) is 0 Å². The molecular formula is C20H32N4O2. The predicted molar refractivity (Wildman–Crippen MR) is 106 cm³/mol. The summed E-state index contributed by atoms with van der Waals surface area (Å²) in [6, 6.07) is 5.43. The van der Waals surface area contributed by atoms with E-state index in [1.165, 1.54) is 17.7 Å². The number of piperidine rings is 1. The molecule has 0 aromatic heterocycles. The van der Waals surface area contributed by atoms with Gasteiger partial charge in [-0.15, -0.1) is 0 Å². The standard InChI is InChI=1S/C20H32N4O2/c1-14-7-6-10-24(13-14)16(3)12-21-20(26)22-18-11-17(9-8-15(18)2)19(25)23(4)5/h8-9,11,14,16H,6-7,10,12-13H2,1-5H3,(H2,21,22,26)/t14-,16+/m0/s1. The molecule has 1 aliphatic rings. The lowest BCUT2D eigenvalue weighted by Crippen LogP contribution is -2.47. The van der Waals surface area contributed by atoms with Gasteiger partial charge in [-0.05, 0) is 56.8 Å². The molecule has 1 aromatic rings. The van der Waals surface area contributed by atoms with Crippen molar-refractivity contribution < 1.29 is 9.59 Å². The molecule has 0 bridgehead atoms. The fourth-order valence-corrected chi connectivity index (χ4v) is 3.31. The topological polar surface area (TPSA) is 64.7 Å². The van der Waals surface area contributed by atoms with Crippen LogP contribution >= 0.6 is 0 Å². The van der Waals surface area contributed by atoms with Gasteiger partial charge < -0.3 is 15.5 Å². The average molecular weight is 361 g/mol. The third kappa shape index (κ3) is 5.46. The minimum atomic E-state index is -0.237. The Balaban J connectivity index is 1.91. The monoisotopic (exact) mass is 360 g/mol. The average Bonchev–Trinajstić information content (AvgIpc) is 2.60. The summed E-state index contributed by atoms with van der Waals surface area (Å²) >= 11 is 0. The molecule has 2 rings (SSSR count). The molecule has 2 atom stereocenters. The van der Waals surface area contributed by atoms with Gasteiger partial charge in [0.15, 0.2) is 0 Å². The van der Waals surface area contributed by atoms with Crippen LogP contribution in [0, 0.1) is 12.8 Å². The molecule has 0 unspecified atom stereocenters. The van der Waals surface area contributed by atoms with Crippen molar-refractivity contribution in [1.82, 2.24) is 15.1 Å². The van der Waals surface area contributed by atoms with Crippen molar-refractivity contribution in [3.05, 3.63) is 29.3 Å². The summed E-state index contributed by atoms with van der Waals surface area (Å²) in [5.41, 5.74) is 2.15. The first-order valence-corrected chi connectivity index (χ1v) is 9.39. The Morgan fingerprint density at radius 3 is 2.73 bits per heavy atom. The van der Waals surface area contributed by atoms with Crippen LogP contribution in [0.5, 0.6) is 0 Å². The van der Waals surface area contributed by atoms with Crippen molar-refractivity contribution in [3.63, 3.8) is 0 Å². The van der Waals surface area contributed by atoms with Gasteiger partial charge in [0, 0.05) is 44.5 Å². The molecule has 1 heterocycles. The van der Waals surface area contributed by atoms with E-state index >= 15 is 0 Å². The first-order valence-electron chi connectivity index (χ1n) is 9.39. The van der Waals surface area contributed by atoms with Crippen molar-refractivity contribution in [3.8, 4) is 0 Å². The first kappa shape index (κ1) is 20.2. The molecular weight excluding hydrogens is 328 g/mol. The van der Waals surface area contributed by atoms with Crippen molar-refractivity contribution in [2.75, 3.05) is 39.0 Å². The van der Waals surface area contributed by atoms with E-state index < -0.39 is 0 Å². The van der Waals surface area contributed by atoms with Crippen LogP contribution in [0.15, 0.2) is 18.2 Å². The summed E-state index contributed by atoms with van der Waals surface area (Å²) < 4.78 is 0. The zero-order valence-electron chi connectivity index (χ0n) is 16.6. The van der Waals surface area contributed by atoms with E-state index in [1.54, 1.807) is 26.2 Å². The van der Waals surface area contributed by atoms with Gasteiger partial charge in [-0.3, -0.25) is 9.69 Å². The molecule has 26 heavy (non-hydrogen) atoms. The quantitative estimate of drug-likeness (QED) is 0.848. The Hall–Kier alpha value is -2.08. The molecule has 144 valence electrons. The second-order valence-electron chi connectivity index (χ2n) is 7.66. The fourth-order valence-electron chi connectivity index (χ4n) is 3.31. The van der Waals surface area contributed by atoms with E-state index in [1.807, 2.05) is 13.0 Å². The Morgan fingerprint density at radius 1 is 1.35 bits per heavy atom. The Kier molecular flexibility index (Phi) is 7.03. The molecule has 0 aliphatic carbocycles. The molecule has 0 saturated carbocycles. The number of hydrogen-bond donors (Lipinski definition) is 2. The van der Waals surface area contributed by atoms with Crippen molar-refractivity contribution in [2.45, 2.75) is 39.7 Å². The van der Waals surface area contributed by atoms with Crippen LogP contribution in [-0.4, -0.2) is 61.5 Å². The van der Waals surface area contributed by atoms with Crippen molar-refractivity contribution in [1.29, 1.82) is 0 Å². The minimum Gasteiger partial charge on any atom is -0.345 e. The third-order valence-electron chi connectivity index (χ3n) is 5.01. The largest absolute Gasteiger partial charge is 0.345 e. The number of carbonyl (C=O) groups excluding carboxylic acids is 2. The lowest BCUT2D eigenvalue weighted by atomic mass is 9.99. The van der Waals surface area contributed by atoms with Crippen LogP contribution < -0.4 is 10.6 Å². The van der Waals surface area contributed by atoms with E-state index in [2.05, 4.69) is 29.4 Å². The smallest absolute Gasteiger partial charge is 0.319 e. The van der Waals surface area contributed by atoms with Crippen molar-refractivity contribution in [2.24, 2.45) is 5.92 Å². The highest BCUT2D eigenvalue weighted by Gasteiger charge is 2.21. The number of urea groups is 1. The number of carbonyl (C=O) groups is 2. The number of benzene rings is 1. The van der Waals surface area contributed by atoms with Crippen LogP contribution in [0.1, 0.15) is 42.6 Å². The van der Waals surface area contributed by atoms with E-state index in [9.17, 15) is 9.59 Å². The van der Waals surface area contributed by atoms with E-state index in [4.69, 9.17) is 0 Å². The normalized spacial score (nSPS) is 18.9. The molecule has 0 spiro atoms. The van der Waals surface area contributed by atoms with Gasteiger partial charge in [-0.1, -0.05) is 13.0 Å². The highest BCUT2D eigenvalue weighted by Crippen LogP contribution is 2.19. The molecule has 1 saturated heterocycles. The molecule has 1 aromatic carbocycles. The van der Waals surface area contributed by atoms with Crippen LogP contribution in [0.25, 0.3) is 0 Å². The fraction of sp³-hybridized carbons (Fsp3) is 0.600. The molecule has 0 radical (unpaired) electrons. The number of likely N-dealkylation sites (tertiary alicyclic amines) is 1. The summed E-state index contributed by atoms with van der Waals surface area (Å²) in [6.45, 7) is 9.15. The van der Waals surface area contributed by atoms with Gasteiger partial charge in [0.2, 0.25) is 0 Å². The second-order valence-corrected chi connectivity index (χ2v) is 7.66. The highest BCUT2D eigenvalue weighted by atomic mass is 16.2. The van der Waals surface area contributed by atoms with Crippen LogP contribution in [-0.2, 0) is 0 Å². The molecule has 6 nitrogen and oxygen atoms in total. The molecule has 6 heteroatoms. The molecule has 1 fully saturated rings. The number of nitrogens with zero attached hydrogens (tertiary/aromatic N) is 2. The Morgan fingerprint density at radius 2 is 2.08 bits per heavy atom. The van der Waals surface area contributed by atoms with Gasteiger partial charge in [-0.25, -0.2) is 4.79 Å². The maximum absolute atomic E-state index is 12.3. The minimum absolute atomic E-state index is 0.0821. The van der Waals surface area contributed by atoms with E-state index in [0.717, 1.165) is 24.6 Å². The second kappa shape index (κ2) is 9.03. The number of aryl methyl sites for hydroxylation is 1. The highest BCUT2D eigenvalue weighted by molar-refractivity contribution is 5.97. The molecule has 2 N–H and O–H groups in total. The van der Waals surface area contributed by atoms with Gasteiger partial charge >= 0.3 is 6.03 Å². The lowest BCUT2D eigenvalue weighted by Gasteiger charge is -2.35. The van der Waals surface area contributed by atoms with Crippen LogP contribution in [0.3, 0.4) is 0 Å². The molecule has 1 aliphatic heterocycles. The summed E-state index contributed by atoms with van der Waals surface area (Å²) in [5, 5.41) is 5.83. The van der Waals surface area contributed by atoms with Gasteiger partial charge in [0.1, 0.15) is 0 Å². The lowest BCUT2D eigenvalue weighted by molar-refractivity contribution is 0.0827. The van der Waals surface area contributed by atoms with Gasteiger partial charge in [0.05, 0.1) is 0 Å². The summed E-state index contributed by atoms with van der Waals surface area (Å²) in [5.74, 6) is 0.640. The third-order valence-corrected chi connectivity index (χ3v) is 5.01. The van der Waals surface area contributed by atoms with E-state index in [-0.39, 0.29) is 11.9 Å². The summed E-state index contributed by atoms with van der Waals surface area (Å²) in [6.07, 6.45) is 2.52. The Bertz CT molecular complexity index is 645. The Labute approximate surface area is 156 Å². The zero-order chi connectivity index (χ0) is 19.3. The number of hydrogen-bond acceptors (Lipinski definition) is 3. The van der Waals surface area contributed by atoms with Crippen molar-refractivity contribution >= 4 is 17.6 Å². The van der Waals surface area contributed by atoms with E-state index in [0.29, 0.717) is 23.8 Å². The number of nitrogens with one attached hydrogen (secondary N) is 2. The van der Waals surface area contributed by atoms with Crippen LogP contribution in [0.4, 0.5) is 10.5 Å². The van der Waals surface area contributed by atoms with Crippen LogP contribution in [0.2, 0.25) is 0 Å². The zero-order valence-corrected chi connectivity index (χ0v) is 16.6. The first-order chi connectivity index (χ1) is 12.3. The SMILES string of the molecule is Cc1ccc(C(=O)N(C)C)cc1NC(=O)NC[C@@H](C)N1CCC[C@H](C)C1. The van der Waals surface area contributed by atoms with Gasteiger partial charge in [0.25, 0.3) is 5.91 Å².